The van der Waals surface area contributed by atoms with E-state index in [4.69, 9.17) is 56.8 Å². The molecule has 4 aliphatic carbocycles. The van der Waals surface area contributed by atoms with Crippen LogP contribution >= 0.6 is 0 Å². The summed E-state index contributed by atoms with van der Waals surface area (Å²) in [7, 11) is 0. The highest BCUT2D eigenvalue weighted by atomic mass is 16.8. The van der Waals surface area contributed by atoms with Crippen LogP contribution in [0.5, 0.6) is 0 Å². The van der Waals surface area contributed by atoms with Crippen LogP contribution in [0, 0.1) is 40.4 Å². The van der Waals surface area contributed by atoms with Crippen molar-refractivity contribution in [2.24, 2.45) is 40.4 Å². The van der Waals surface area contributed by atoms with Gasteiger partial charge in [-0.2, -0.15) is 0 Å². The van der Waals surface area contributed by atoms with Crippen LogP contribution < -0.4 is 0 Å². The molecule has 0 aromatic rings. The number of allylic oxidation sites excluding steroid dienone is 1. The Kier molecular flexibility index (Phi) is 18.4. The molecule has 28 heteroatoms. The average Bonchev–Trinajstić information content (AvgIpc) is 3.59. The Balaban J connectivity index is 0.823. The summed E-state index contributed by atoms with van der Waals surface area (Å²) in [6, 6.07) is 0. The molecule has 0 radical (unpaired) electrons. The Morgan fingerprint density at radius 1 is 0.560 bits per heavy atom. The third kappa shape index (κ3) is 10.4. The molecule has 84 heavy (non-hydrogen) atoms. The number of rotatable bonds is 13. The predicted molar refractivity (Wildman–Crippen MR) is 276 cm³/mol. The minimum Gasteiger partial charge on any atom is -0.396 e. The molecule has 480 valence electrons. The zero-order valence-corrected chi connectivity index (χ0v) is 47.5. The molecule has 37 atom stereocenters. The molecule has 10 fully saturated rings. The summed E-state index contributed by atoms with van der Waals surface area (Å²) in [5.41, 5.74) is -0.171. The summed E-state index contributed by atoms with van der Waals surface area (Å²) in [6.45, 7) is 10.6. The van der Waals surface area contributed by atoms with Gasteiger partial charge < -0.3 is 139 Å². The Bertz CT molecular complexity index is 2340. The number of hydrogen-bond acceptors (Lipinski definition) is 28. The van der Waals surface area contributed by atoms with E-state index in [2.05, 4.69) is 26.5 Å². The highest BCUT2D eigenvalue weighted by molar-refractivity contribution is 5.29. The van der Waals surface area contributed by atoms with Crippen molar-refractivity contribution < 1.29 is 139 Å². The summed E-state index contributed by atoms with van der Waals surface area (Å²) >= 11 is 0. The van der Waals surface area contributed by atoms with E-state index in [1.54, 1.807) is 0 Å². The summed E-state index contributed by atoms with van der Waals surface area (Å²) in [5, 5.41) is 176. The maximum atomic E-state index is 12.5. The van der Waals surface area contributed by atoms with Gasteiger partial charge in [-0.1, -0.05) is 32.1 Å². The zero-order chi connectivity index (χ0) is 60.5. The van der Waals surface area contributed by atoms with Gasteiger partial charge in [-0.05, 0) is 81.6 Å². The Labute approximate surface area is 484 Å². The third-order valence-corrected chi connectivity index (χ3v) is 21.4. The SMILES string of the molecule is C=C1COC2(OC3CC4C5CC=C6CC(O)CC(OC7OC(CO)C(O)C(OC8OC(CO)C(O)C8O)C7OC7OC(C)C(O)C(O)C7O)C6(C)C5CCC4(C)C3C2CO)C(O)C1OC1OC(C)C(OC2OC(C)C(O)C(O)C2O)C(O)C1O. The van der Waals surface area contributed by atoms with E-state index in [-0.39, 0.29) is 42.3 Å². The number of fused-ring (bicyclic) bond motifs is 7. The second-order valence-electron chi connectivity index (χ2n) is 26.0. The van der Waals surface area contributed by atoms with Gasteiger partial charge in [0, 0.05) is 23.7 Å². The van der Waals surface area contributed by atoms with E-state index in [1.807, 2.05) is 0 Å². The Morgan fingerprint density at radius 3 is 1.73 bits per heavy atom. The molecule has 11 aliphatic rings. The maximum Gasteiger partial charge on any atom is 0.203 e. The van der Waals surface area contributed by atoms with Crippen LogP contribution in [-0.2, 0) is 56.8 Å². The van der Waals surface area contributed by atoms with Gasteiger partial charge in [-0.3, -0.25) is 0 Å². The first-order valence-corrected chi connectivity index (χ1v) is 29.6. The minimum absolute atomic E-state index is 0.0370. The fourth-order valence-electron chi connectivity index (χ4n) is 16.7. The third-order valence-electron chi connectivity index (χ3n) is 21.4. The van der Waals surface area contributed by atoms with Gasteiger partial charge in [0.15, 0.2) is 31.5 Å². The molecular weight excluding hydrogens is 1120 g/mol. The Morgan fingerprint density at radius 2 is 1.11 bits per heavy atom. The van der Waals surface area contributed by atoms with E-state index < -0.39 is 220 Å². The lowest BCUT2D eigenvalue weighted by Crippen LogP contribution is -2.66. The molecule has 1 spiro atoms. The maximum absolute atomic E-state index is 12.5. The smallest absolute Gasteiger partial charge is 0.203 e. The van der Waals surface area contributed by atoms with Gasteiger partial charge in [-0.15, -0.1) is 0 Å². The summed E-state index contributed by atoms with van der Waals surface area (Å²) in [5.74, 6) is -3.20. The van der Waals surface area contributed by atoms with Crippen LogP contribution in [0.15, 0.2) is 23.8 Å². The van der Waals surface area contributed by atoms with Crippen molar-refractivity contribution >= 4 is 0 Å². The first kappa shape index (κ1) is 63.9. The topological polar surface area (TPSA) is 434 Å². The second-order valence-corrected chi connectivity index (χ2v) is 26.0. The fourth-order valence-corrected chi connectivity index (χ4v) is 16.7. The summed E-state index contributed by atoms with van der Waals surface area (Å²) in [6.07, 6.45) is -37.4. The molecule has 7 heterocycles. The van der Waals surface area contributed by atoms with Crippen molar-refractivity contribution in [3.05, 3.63) is 23.8 Å². The number of ether oxygens (including phenoxy) is 12. The van der Waals surface area contributed by atoms with Gasteiger partial charge in [-0.25, -0.2) is 0 Å². The second kappa shape index (κ2) is 24.2. The van der Waals surface area contributed by atoms with E-state index in [1.165, 1.54) is 20.8 Å². The van der Waals surface area contributed by atoms with Gasteiger partial charge >= 0.3 is 0 Å². The number of hydrogen-bond donors (Lipinski definition) is 16. The monoisotopic (exact) mass is 1210 g/mol. The zero-order valence-electron chi connectivity index (χ0n) is 47.5. The van der Waals surface area contributed by atoms with E-state index in [0.29, 0.717) is 32.1 Å². The normalized spacial score (nSPS) is 57.5. The molecule has 7 aliphatic heterocycles. The lowest BCUT2D eigenvalue weighted by atomic mass is 9.46. The molecule has 0 amide bonds. The van der Waals surface area contributed by atoms with E-state index in [0.717, 1.165) is 5.57 Å². The van der Waals surface area contributed by atoms with Crippen molar-refractivity contribution in [3.8, 4) is 0 Å². The van der Waals surface area contributed by atoms with Gasteiger partial charge in [0.05, 0.1) is 63.1 Å². The van der Waals surface area contributed by atoms with Crippen molar-refractivity contribution in [3.63, 3.8) is 0 Å². The van der Waals surface area contributed by atoms with Crippen LogP contribution in [0.1, 0.15) is 73.1 Å². The lowest BCUT2D eigenvalue weighted by Gasteiger charge is -2.61. The van der Waals surface area contributed by atoms with Crippen molar-refractivity contribution in [2.75, 3.05) is 26.4 Å². The minimum atomic E-state index is -1.87. The lowest BCUT2D eigenvalue weighted by molar-refractivity contribution is -0.387. The van der Waals surface area contributed by atoms with Crippen LogP contribution in [-0.4, -0.2) is 292 Å². The van der Waals surface area contributed by atoms with E-state index >= 15 is 0 Å². The van der Waals surface area contributed by atoms with Crippen LogP contribution in [0.2, 0.25) is 0 Å². The highest BCUT2D eigenvalue weighted by Gasteiger charge is 2.73. The molecule has 37 unspecified atom stereocenters. The first-order valence-electron chi connectivity index (χ1n) is 29.6. The van der Waals surface area contributed by atoms with Crippen LogP contribution in [0.4, 0.5) is 0 Å². The standard InChI is InChI=1S/C56H88O28/c1-18-17-73-56(48(72)44(18)80-51-43(71)39(67)45(21(4)76-51)81-49-41(69)37(65)33(61)19(2)74-49)27(14-57)32-28(84-56)13-26-24-8-7-22-11-23(60)12-31(55(22,6)25(24)9-10-54(26,32)5)79-53-47(83-50-42(70)38(66)34(62)20(3)75-50)46(36(64)30(16-59)78-53)82-52-40(68)35(63)29(15-58)77-52/h7,19-21,23-53,57-72H,1,8-17H2,2-6H3. The van der Waals surface area contributed by atoms with E-state index in [9.17, 15) is 81.7 Å². The van der Waals surface area contributed by atoms with Crippen molar-refractivity contribution in [1.29, 1.82) is 0 Å². The number of aliphatic hydroxyl groups excluding tert-OH is 16. The molecule has 28 nitrogen and oxygen atoms in total. The molecule has 7 saturated heterocycles. The van der Waals surface area contributed by atoms with Crippen LogP contribution in [0.25, 0.3) is 0 Å². The largest absolute Gasteiger partial charge is 0.396 e. The van der Waals surface area contributed by atoms with Gasteiger partial charge in [0.1, 0.15) is 110 Å². The van der Waals surface area contributed by atoms with Crippen molar-refractivity contribution in [2.45, 2.75) is 257 Å². The average molecular weight is 1210 g/mol. The number of aliphatic hydroxyl groups is 16. The fraction of sp³-hybridized carbons (Fsp3) is 0.929. The molecule has 0 aromatic heterocycles. The first-order chi connectivity index (χ1) is 39.7. The molecule has 11 rings (SSSR count). The molecular formula is C56H88O28. The molecule has 0 bridgehead atoms. The summed E-state index contributed by atoms with van der Waals surface area (Å²) < 4.78 is 74.5. The highest BCUT2D eigenvalue weighted by Crippen LogP contribution is 2.71. The quantitative estimate of drug-likeness (QED) is 0.0765. The molecule has 0 aromatic carbocycles. The van der Waals surface area contributed by atoms with Crippen LogP contribution in [0.3, 0.4) is 0 Å². The van der Waals surface area contributed by atoms with Crippen molar-refractivity contribution in [1.82, 2.24) is 0 Å². The Hall–Kier alpha value is -1.64. The van der Waals surface area contributed by atoms with Gasteiger partial charge in [0.2, 0.25) is 5.79 Å². The van der Waals surface area contributed by atoms with Gasteiger partial charge in [0.25, 0.3) is 0 Å². The predicted octanol–water partition coefficient (Wildman–Crippen LogP) is -5.64. The summed E-state index contributed by atoms with van der Waals surface area (Å²) in [4.78, 5) is 0. The molecule has 16 N–H and O–H groups in total. The molecule has 3 saturated carbocycles.